The lowest BCUT2D eigenvalue weighted by Crippen LogP contribution is -2.30. The van der Waals surface area contributed by atoms with Gasteiger partial charge < -0.3 is 0 Å². The summed E-state index contributed by atoms with van der Waals surface area (Å²) in [4.78, 5) is 9.97. The molecule has 0 N–H and O–H groups in total. The van der Waals surface area contributed by atoms with E-state index >= 15 is 0 Å². The van der Waals surface area contributed by atoms with Gasteiger partial charge >= 0.3 is 0 Å². The van der Waals surface area contributed by atoms with Crippen LogP contribution in [0.4, 0.5) is 5.69 Å². The first-order valence-electron chi connectivity index (χ1n) is 6.18. The van der Waals surface area contributed by atoms with E-state index in [4.69, 9.17) is 0 Å². The molecule has 19 heavy (non-hydrogen) atoms. The first-order valence-corrected chi connectivity index (χ1v) is 7.62. The summed E-state index contributed by atoms with van der Waals surface area (Å²) in [5.74, 6) is 0. The normalized spacial score (nSPS) is 10.8. The van der Waals surface area contributed by atoms with Crippen molar-refractivity contribution in [2.24, 2.45) is 0 Å². The number of benzene rings is 1. The molecule has 1 aromatic carbocycles. The van der Waals surface area contributed by atoms with E-state index in [1.54, 1.807) is 13.8 Å². The van der Waals surface area contributed by atoms with Gasteiger partial charge in [0.1, 0.15) is 0 Å². The highest BCUT2D eigenvalue weighted by molar-refractivity contribution is 7.89. The van der Waals surface area contributed by atoms with E-state index in [0.29, 0.717) is 13.1 Å². The van der Waals surface area contributed by atoms with Gasteiger partial charge in [-0.1, -0.05) is 27.7 Å². The quantitative estimate of drug-likeness (QED) is 0.616. The van der Waals surface area contributed by atoms with E-state index in [1.807, 2.05) is 13.8 Å². The Morgan fingerprint density at radius 3 is 1.84 bits per heavy atom. The summed E-state index contributed by atoms with van der Waals surface area (Å²) < 4.78 is 25.4. The number of hydrogen-bond donors (Lipinski definition) is 0. The van der Waals surface area contributed by atoms with Gasteiger partial charge in [0.2, 0.25) is 10.0 Å². The van der Waals surface area contributed by atoms with Crippen molar-refractivity contribution in [1.82, 2.24) is 4.31 Å². The van der Waals surface area contributed by atoms with Gasteiger partial charge in [-0.05, 0) is 12.1 Å². The SMILES string of the molecule is CC.CCN(CC)S(=O)(=O)c1ccc([N+](=O)[O-])cc1. The molecule has 6 nitrogen and oxygen atoms in total. The molecule has 0 radical (unpaired) electrons. The number of non-ortho nitro benzene ring substituents is 1. The Labute approximate surface area is 114 Å². The Hall–Kier alpha value is -1.47. The van der Waals surface area contributed by atoms with Gasteiger partial charge in [0.05, 0.1) is 9.82 Å². The Morgan fingerprint density at radius 2 is 1.53 bits per heavy atom. The van der Waals surface area contributed by atoms with Gasteiger partial charge in [-0.2, -0.15) is 4.31 Å². The van der Waals surface area contributed by atoms with Crippen LogP contribution in [0.3, 0.4) is 0 Å². The van der Waals surface area contributed by atoms with Crippen molar-refractivity contribution in [3.8, 4) is 0 Å². The predicted octanol–water partition coefficient (Wildman–Crippen LogP) is 2.65. The van der Waals surface area contributed by atoms with Crippen molar-refractivity contribution in [2.75, 3.05) is 13.1 Å². The molecule has 108 valence electrons. The van der Waals surface area contributed by atoms with Crippen molar-refractivity contribution in [2.45, 2.75) is 32.6 Å². The summed E-state index contributed by atoms with van der Waals surface area (Å²) in [5, 5.41) is 10.5. The second kappa shape index (κ2) is 7.85. The third kappa shape index (κ3) is 4.29. The average molecular weight is 288 g/mol. The van der Waals surface area contributed by atoms with Gasteiger partial charge in [-0.15, -0.1) is 0 Å². The van der Waals surface area contributed by atoms with Crippen LogP contribution in [-0.2, 0) is 10.0 Å². The lowest BCUT2D eigenvalue weighted by Gasteiger charge is -2.18. The molecule has 0 atom stereocenters. The summed E-state index contributed by atoms with van der Waals surface area (Å²) in [7, 11) is -3.53. The minimum absolute atomic E-state index is 0.0757. The van der Waals surface area contributed by atoms with Gasteiger partial charge in [0.15, 0.2) is 0 Å². The molecular formula is C12H20N2O4S. The number of nitro groups is 1. The molecule has 0 amide bonds. The first kappa shape index (κ1) is 17.5. The van der Waals surface area contributed by atoms with E-state index < -0.39 is 14.9 Å². The summed E-state index contributed by atoms with van der Waals surface area (Å²) >= 11 is 0. The number of rotatable bonds is 5. The van der Waals surface area contributed by atoms with E-state index in [1.165, 1.54) is 28.6 Å². The zero-order valence-electron chi connectivity index (χ0n) is 11.7. The van der Waals surface area contributed by atoms with Crippen LogP contribution in [0.25, 0.3) is 0 Å². The molecule has 0 aliphatic rings. The van der Waals surface area contributed by atoms with Crippen LogP contribution in [0.1, 0.15) is 27.7 Å². The van der Waals surface area contributed by atoms with Crippen LogP contribution in [0.5, 0.6) is 0 Å². The highest BCUT2D eigenvalue weighted by Gasteiger charge is 2.21. The first-order chi connectivity index (χ1) is 8.93. The average Bonchev–Trinajstić information content (AvgIpc) is 2.42. The zero-order valence-corrected chi connectivity index (χ0v) is 12.5. The Morgan fingerprint density at radius 1 is 1.11 bits per heavy atom. The molecule has 0 saturated heterocycles. The number of nitrogens with zero attached hydrogens (tertiary/aromatic N) is 2. The van der Waals surface area contributed by atoms with Crippen LogP contribution >= 0.6 is 0 Å². The third-order valence-electron chi connectivity index (χ3n) is 2.39. The van der Waals surface area contributed by atoms with Gasteiger partial charge in [-0.25, -0.2) is 8.42 Å². The molecule has 7 heteroatoms. The smallest absolute Gasteiger partial charge is 0.258 e. The van der Waals surface area contributed by atoms with Crippen LogP contribution in [0, 0.1) is 10.1 Å². The van der Waals surface area contributed by atoms with Gasteiger partial charge in [-0.3, -0.25) is 10.1 Å². The molecule has 0 aromatic heterocycles. The molecule has 0 aliphatic heterocycles. The summed E-state index contributed by atoms with van der Waals surface area (Å²) in [5.41, 5.74) is -0.122. The predicted molar refractivity (Wildman–Crippen MR) is 74.6 cm³/mol. The molecule has 1 aromatic rings. The number of nitro benzene ring substituents is 1. The molecule has 0 spiro atoms. The zero-order chi connectivity index (χ0) is 15.1. The maximum Gasteiger partial charge on any atom is 0.269 e. The van der Waals surface area contributed by atoms with Gasteiger partial charge in [0.25, 0.3) is 5.69 Å². The van der Waals surface area contributed by atoms with Crippen molar-refractivity contribution >= 4 is 15.7 Å². The molecular weight excluding hydrogens is 268 g/mol. The minimum atomic E-state index is -3.53. The summed E-state index contributed by atoms with van der Waals surface area (Å²) in [6, 6.07) is 4.89. The lowest BCUT2D eigenvalue weighted by molar-refractivity contribution is -0.384. The highest BCUT2D eigenvalue weighted by atomic mass is 32.2. The molecule has 0 unspecified atom stereocenters. The topological polar surface area (TPSA) is 80.5 Å². The molecule has 0 aliphatic carbocycles. The van der Waals surface area contributed by atoms with E-state index in [-0.39, 0.29) is 10.6 Å². The second-order valence-corrected chi connectivity index (χ2v) is 5.28. The van der Waals surface area contributed by atoms with Gasteiger partial charge in [0, 0.05) is 25.2 Å². The maximum absolute atomic E-state index is 12.0. The van der Waals surface area contributed by atoms with Crippen LogP contribution < -0.4 is 0 Å². The Kier molecular flexibility index (Phi) is 7.25. The Bertz CT molecular complexity index is 493. The van der Waals surface area contributed by atoms with E-state index in [9.17, 15) is 18.5 Å². The number of hydrogen-bond acceptors (Lipinski definition) is 4. The number of sulfonamides is 1. The van der Waals surface area contributed by atoms with Crippen molar-refractivity contribution in [1.29, 1.82) is 0 Å². The second-order valence-electron chi connectivity index (χ2n) is 3.34. The highest BCUT2D eigenvalue weighted by Crippen LogP contribution is 2.19. The van der Waals surface area contributed by atoms with E-state index in [0.717, 1.165) is 0 Å². The van der Waals surface area contributed by atoms with Crippen LogP contribution in [0.2, 0.25) is 0 Å². The maximum atomic E-state index is 12.0. The fourth-order valence-corrected chi connectivity index (χ4v) is 2.91. The van der Waals surface area contributed by atoms with E-state index in [2.05, 4.69) is 0 Å². The molecule has 0 heterocycles. The fraction of sp³-hybridized carbons (Fsp3) is 0.500. The summed E-state index contributed by atoms with van der Waals surface area (Å²) in [6.45, 7) is 8.23. The minimum Gasteiger partial charge on any atom is -0.258 e. The molecule has 0 fully saturated rings. The van der Waals surface area contributed by atoms with Crippen molar-refractivity contribution in [3.05, 3.63) is 34.4 Å². The Balaban J connectivity index is 0.00000154. The summed E-state index contributed by atoms with van der Waals surface area (Å²) in [6.07, 6.45) is 0. The molecule has 1 rings (SSSR count). The van der Waals surface area contributed by atoms with Crippen molar-refractivity contribution < 1.29 is 13.3 Å². The molecule has 0 saturated carbocycles. The lowest BCUT2D eigenvalue weighted by atomic mass is 10.3. The largest absolute Gasteiger partial charge is 0.269 e. The van der Waals surface area contributed by atoms with Crippen LogP contribution in [-0.4, -0.2) is 30.7 Å². The third-order valence-corrected chi connectivity index (χ3v) is 4.45. The van der Waals surface area contributed by atoms with Crippen LogP contribution in [0.15, 0.2) is 29.2 Å². The molecule has 0 bridgehead atoms. The monoisotopic (exact) mass is 288 g/mol. The standard InChI is InChI=1S/C10H14N2O4S.C2H6/c1-3-11(4-2)17(15,16)10-7-5-9(6-8-10)12(13)14;1-2/h5-8H,3-4H2,1-2H3;1-2H3. The fourth-order valence-electron chi connectivity index (χ4n) is 1.45. The van der Waals surface area contributed by atoms with Crippen molar-refractivity contribution in [3.63, 3.8) is 0 Å².